The Labute approximate surface area is 125 Å². The van der Waals surface area contributed by atoms with Crippen LogP contribution in [-0.4, -0.2) is 45.7 Å². The molecule has 0 bridgehead atoms. The van der Waals surface area contributed by atoms with E-state index in [1.165, 1.54) is 23.6 Å². The molecule has 2 rings (SSSR count). The number of aromatic nitrogens is 3. The van der Waals surface area contributed by atoms with E-state index in [-0.39, 0.29) is 12.0 Å². The number of methoxy groups -OCH3 is 1. The monoisotopic (exact) mass is 314 g/mol. The first-order chi connectivity index (χ1) is 10.0. The van der Waals surface area contributed by atoms with Crippen LogP contribution >= 0.6 is 11.8 Å². The minimum absolute atomic E-state index is 0.286. The third kappa shape index (κ3) is 4.43. The molecule has 0 radical (unpaired) electrons. The van der Waals surface area contributed by atoms with Crippen LogP contribution < -0.4 is 16.4 Å². The Balaban J connectivity index is 1.92. The summed E-state index contributed by atoms with van der Waals surface area (Å²) < 4.78 is 6.17. The van der Waals surface area contributed by atoms with Gasteiger partial charge in [-0.2, -0.15) is 4.98 Å². The Morgan fingerprint density at radius 3 is 2.90 bits per heavy atom. The molecule has 9 heteroatoms. The molecule has 1 aromatic rings. The first-order valence-corrected chi connectivity index (χ1v) is 7.64. The van der Waals surface area contributed by atoms with Gasteiger partial charge in [-0.25, -0.2) is 0 Å². The second-order valence-corrected chi connectivity index (χ2v) is 5.92. The number of thioether (sulfide) groups is 1. The van der Waals surface area contributed by atoms with Gasteiger partial charge in [0, 0.05) is 18.8 Å². The van der Waals surface area contributed by atoms with Gasteiger partial charge in [0.15, 0.2) is 5.16 Å². The highest BCUT2D eigenvalue weighted by Crippen LogP contribution is 2.21. The van der Waals surface area contributed by atoms with Crippen molar-refractivity contribution in [3.63, 3.8) is 0 Å². The van der Waals surface area contributed by atoms with E-state index >= 15 is 0 Å². The van der Waals surface area contributed by atoms with E-state index in [0.29, 0.717) is 23.4 Å². The summed E-state index contributed by atoms with van der Waals surface area (Å²) in [7, 11) is 2.97. The SMILES string of the molecule is COC(=O)C(CCSc1nc(=O)c(=O)[nH]n1C)NC1CC1. The van der Waals surface area contributed by atoms with E-state index in [9.17, 15) is 14.4 Å². The van der Waals surface area contributed by atoms with Gasteiger partial charge in [0.1, 0.15) is 6.04 Å². The number of rotatable bonds is 7. The van der Waals surface area contributed by atoms with Gasteiger partial charge in [-0.1, -0.05) is 11.8 Å². The average Bonchev–Trinajstić information content (AvgIpc) is 3.26. The fourth-order valence-corrected chi connectivity index (χ4v) is 2.73. The molecule has 1 aliphatic carbocycles. The summed E-state index contributed by atoms with van der Waals surface area (Å²) in [6.07, 6.45) is 2.72. The summed E-state index contributed by atoms with van der Waals surface area (Å²) in [6.45, 7) is 0. The maximum absolute atomic E-state index is 11.7. The van der Waals surface area contributed by atoms with E-state index in [0.717, 1.165) is 12.8 Å². The number of carbonyl (C=O) groups excluding carboxylic acids is 1. The van der Waals surface area contributed by atoms with Gasteiger partial charge in [0.05, 0.1) is 7.11 Å². The molecule has 1 saturated carbocycles. The number of aryl methyl sites for hydroxylation is 1. The summed E-state index contributed by atoms with van der Waals surface area (Å²) in [5, 5.41) is 6.02. The van der Waals surface area contributed by atoms with E-state index < -0.39 is 11.1 Å². The van der Waals surface area contributed by atoms with Crippen molar-refractivity contribution in [3.05, 3.63) is 20.7 Å². The molecule has 1 heterocycles. The summed E-state index contributed by atoms with van der Waals surface area (Å²) >= 11 is 1.31. The van der Waals surface area contributed by atoms with Crippen LogP contribution in [0.25, 0.3) is 0 Å². The second kappa shape index (κ2) is 6.90. The second-order valence-electron chi connectivity index (χ2n) is 4.85. The molecule has 2 N–H and O–H groups in total. The van der Waals surface area contributed by atoms with Crippen LogP contribution in [0.2, 0.25) is 0 Å². The molecule has 8 nitrogen and oxygen atoms in total. The van der Waals surface area contributed by atoms with Gasteiger partial charge in [0.2, 0.25) is 0 Å². The molecule has 116 valence electrons. The number of esters is 1. The summed E-state index contributed by atoms with van der Waals surface area (Å²) in [4.78, 5) is 37.7. The van der Waals surface area contributed by atoms with Gasteiger partial charge in [0.25, 0.3) is 0 Å². The van der Waals surface area contributed by atoms with Crippen LogP contribution in [0.15, 0.2) is 14.7 Å². The number of aromatic amines is 1. The van der Waals surface area contributed by atoms with Crippen LogP contribution in [0.1, 0.15) is 19.3 Å². The molecule has 0 saturated heterocycles. The molecule has 0 amide bonds. The van der Waals surface area contributed by atoms with Crippen molar-refractivity contribution >= 4 is 17.7 Å². The molecule has 1 aliphatic rings. The molecule has 1 unspecified atom stereocenters. The molecule has 1 aromatic heterocycles. The number of H-pyrrole nitrogens is 1. The van der Waals surface area contributed by atoms with Crippen molar-refractivity contribution in [2.24, 2.45) is 7.05 Å². The average molecular weight is 314 g/mol. The smallest absolute Gasteiger partial charge is 0.339 e. The lowest BCUT2D eigenvalue weighted by Crippen LogP contribution is -2.39. The summed E-state index contributed by atoms with van der Waals surface area (Å²) in [5.41, 5.74) is -1.55. The number of ether oxygens (including phenoxy) is 1. The zero-order chi connectivity index (χ0) is 15.4. The lowest BCUT2D eigenvalue weighted by molar-refractivity contribution is -0.143. The largest absolute Gasteiger partial charge is 0.468 e. The quantitative estimate of drug-likeness (QED) is 0.387. The molecule has 0 spiro atoms. The fraction of sp³-hybridized carbons (Fsp3) is 0.667. The molecule has 1 fully saturated rings. The van der Waals surface area contributed by atoms with Crippen molar-refractivity contribution in [3.8, 4) is 0 Å². The van der Waals surface area contributed by atoms with Crippen molar-refractivity contribution in [2.75, 3.05) is 12.9 Å². The number of nitrogens with one attached hydrogen (secondary N) is 2. The highest BCUT2D eigenvalue weighted by Gasteiger charge is 2.28. The molecular weight excluding hydrogens is 296 g/mol. The third-order valence-electron chi connectivity index (χ3n) is 3.09. The Morgan fingerprint density at radius 1 is 1.57 bits per heavy atom. The van der Waals surface area contributed by atoms with Crippen molar-refractivity contribution < 1.29 is 9.53 Å². The molecule has 0 aliphatic heterocycles. The maximum atomic E-state index is 11.7. The van der Waals surface area contributed by atoms with E-state index in [1.807, 2.05) is 0 Å². The molecule has 0 aromatic carbocycles. The van der Waals surface area contributed by atoms with Crippen LogP contribution in [0.5, 0.6) is 0 Å². The number of hydrogen-bond acceptors (Lipinski definition) is 7. The van der Waals surface area contributed by atoms with Crippen LogP contribution in [0, 0.1) is 0 Å². The topological polar surface area (TPSA) is 106 Å². The minimum atomic E-state index is -0.809. The maximum Gasteiger partial charge on any atom is 0.339 e. The van der Waals surface area contributed by atoms with Crippen molar-refractivity contribution in [1.29, 1.82) is 0 Å². The highest BCUT2D eigenvalue weighted by molar-refractivity contribution is 7.99. The molecule has 21 heavy (non-hydrogen) atoms. The van der Waals surface area contributed by atoms with Crippen molar-refractivity contribution in [1.82, 2.24) is 20.1 Å². The van der Waals surface area contributed by atoms with Gasteiger partial charge in [-0.15, -0.1) is 0 Å². The van der Waals surface area contributed by atoms with E-state index in [4.69, 9.17) is 4.74 Å². The number of nitrogens with zero attached hydrogens (tertiary/aromatic N) is 2. The Hall–Kier alpha value is -1.61. The van der Waals surface area contributed by atoms with Gasteiger partial charge < -0.3 is 10.1 Å². The predicted molar refractivity (Wildman–Crippen MR) is 77.4 cm³/mol. The Kier molecular flexibility index (Phi) is 5.18. The third-order valence-corrected chi connectivity index (χ3v) is 4.15. The first kappa shape index (κ1) is 15.8. The van der Waals surface area contributed by atoms with Gasteiger partial charge in [-0.05, 0) is 19.3 Å². The lowest BCUT2D eigenvalue weighted by atomic mass is 10.2. The van der Waals surface area contributed by atoms with Crippen LogP contribution in [-0.2, 0) is 16.6 Å². The first-order valence-electron chi connectivity index (χ1n) is 6.65. The van der Waals surface area contributed by atoms with E-state index in [2.05, 4.69) is 15.4 Å². The van der Waals surface area contributed by atoms with Gasteiger partial charge in [-0.3, -0.25) is 24.2 Å². The van der Waals surface area contributed by atoms with Crippen LogP contribution in [0.3, 0.4) is 0 Å². The van der Waals surface area contributed by atoms with Crippen LogP contribution in [0.4, 0.5) is 0 Å². The summed E-state index contributed by atoms with van der Waals surface area (Å²) in [6, 6.07) is 0.0458. The highest BCUT2D eigenvalue weighted by atomic mass is 32.2. The molecule has 1 atom stereocenters. The Morgan fingerprint density at radius 2 is 2.29 bits per heavy atom. The number of hydrogen-bond donors (Lipinski definition) is 2. The van der Waals surface area contributed by atoms with E-state index in [1.54, 1.807) is 7.05 Å². The van der Waals surface area contributed by atoms with Gasteiger partial charge >= 0.3 is 17.1 Å². The zero-order valence-corrected chi connectivity index (χ0v) is 12.7. The van der Waals surface area contributed by atoms with Crippen molar-refractivity contribution in [2.45, 2.75) is 36.5 Å². The normalized spacial score (nSPS) is 15.7. The zero-order valence-electron chi connectivity index (χ0n) is 11.9. The minimum Gasteiger partial charge on any atom is -0.468 e. The Bertz CT molecular complexity index is 622. The lowest BCUT2D eigenvalue weighted by Gasteiger charge is -2.15. The molecular formula is C12H18N4O4S. The number of carbonyl (C=O) groups is 1. The predicted octanol–water partition coefficient (Wildman–Crippen LogP) is -0.756. The fourth-order valence-electron chi connectivity index (χ4n) is 1.80. The standard InChI is InChI=1S/C12H18N4O4S/c1-16-12(14-9(17)10(18)15-16)21-6-5-8(11(19)20-2)13-7-3-4-7/h7-8,13H,3-6H2,1-2H3,(H,15,18). The summed E-state index contributed by atoms with van der Waals surface area (Å²) in [5.74, 6) is 0.289.